The molecule has 4 nitrogen and oxygen atoms in total. The largest absolute Gasteiger partial charge is 0.353 e. The van der Waals surface area contributed by atoms with Crippen LogP contribution >= 0.6 is 11.3 Å². The van der Waals surface area contributed by atoms with E-state index in [1.807, 2.05) is 18.7 Å². The average molecular weight is 425 g/mol. The van der Waals surface area contributed by atoms with Crippen molar-refractivity contribution in [2.75, 3.05) is 13.1 Å². The van der Waals surface area contributed by atoms with Gasteiger partial charge in [-0.15, -0.1) is 11.3 Å². The van der Waals surface area contributed by atoms with E-state index in [9.17, 15) is 9.59 Å². The molecule has 2 aromatic rings. The normalized spacial score (nSPS) is 18.8. The predicted octanol–water partition coefficient (Wildman–Crippen LogP) is 4.89. The maximum atomic E-state index is 13.3. The third kappa shape index (κ3) is 4.46. The summed E-state index contributed by atoms with van der Waals surface area (Å²) < 4.78 is 0. The van der Waals surface area contributed by atoms with Gasteiger partial charge in [0.1, 0.15) is 0 Å². The zero-order valence-electron chi connectivity index (χ0n) is 18.0. The van der Waals surface area contributed by atoms with Gasteiger partial charge in [-0.1, -0.05) is 36.8 Å². The van der Waals surface area contributed by atoms with Crippen LogP contribution in [0.2, 0.25) is 0 Å². The average Bonchev–Trinajstić information content (AvgIpc) is 3.22. The van der Waals surface area contributed by atoms with Gasteiger partial charge in [-0.3, -0.25) is 9.59 Å². The molecule has 1 aliphatic carbocycles. The summed E-state index contributed by atoms with van der Waals surface area (Å²) >= 11 is 1.73. The molecule has 2 aliphatic rings. The number of rotatable bonds is 6. The van der Waals surface area contributed by atoms with Gasteiger partial charge in [0.2, 0.25) is 11.8 Å². The molecule has 2 amide bonds. The molecule has 0 atom stereocenters. The fourth-order valence-corrected chi connectivity index (χ4v) is 5.36. The van der Waals surface area contributed by atoms with Crippen LogP contribution in [0.3, 0.4) is 0 Å². The lowest BCUT2D eigenvalue weighted by molar-refractivity contribution is -0.145. The van der Waals surface area contributed by atoms with Crippen LogP contribution in [0.15, 0.2) is 41.8 Å². The van der Waals surface area contributed by atoms with Crippen molar-refractivity contribution < 1.29 is 9.59 Å². The summed E-state index contributed by atoms with van der Waals surface area (Å²) in [6.07, 6.45) is 5.41. The van der Waals surface area contributed by atoms with Gasteiger partial charge in [0.05, 0.1) is 5.41 Å². The lowest BCUT2D eigenvalue weighted by Crippen LogP contribution is -2.53. The van der Waals surface area contributed by atoms with E-state index >= 15 is 0 Å². The number of benzene rings is 1. The molecule has 2 fully saturated rings. The Kier molecular flexibility index (Phi) is 6.28. The van der Waals surface area contributed by atoms with Crippen molar-refractivity contribution in [1.29, 1.82) is 0 Å². The molecule has 2 heterocycles. The highest BCUT2D eigenvalue weighted by molar-refractivity contribution is 7.13. The quantitative estimate of drug-likeness (QED) is 0.718. The van der Waals surface area contributed by atoms with Gasteiger partial charge in [0.15, 0.2) is 0 Å². The number of piperidine rings is 1. The van der Waals surface area contributed by atoms with Crippen molar-refractivity contribution in [2.24, 2.45) is 11.3 Å². The first-order valence-electron chi connectivity index (χ1n) is 11.2. The van der Waals surface area contributed by atoms with E-state index < -0.39 is 5.41 Å². The number of nitrogens with zero attached hydrogens (tertiary/aromatic N) is 1. The van der Waals surface area contributed by atoms with E-state index in [4.69, 9.17) is 0 Å². The molecule has 0 unspecified atom stereocenters. The molecule has 0 bridgehead atoms. The van der Waals surface area contributed by atoms with Gasteiger partial charge < -0.3 is 10.2 Å². The van der Waals surface area contributed by atoms with Crippen LogP contribution in [0.5, 0.6) is 0 Å². The highest BCUT2D eigenvalue weighted by Gasteiger charge is 2.43. The summed E-state index contributed by atoms with van der Waals surface area (Å²) in [7, 11) is 0. The van der Waals surface area contributed by atoms with E-state index in [1.165, 1.54) is 22.4 Å². The number of hydrogen-bond donors (Lipinski definition) is 1. The molecular formula is C25H32N2O2S. The zero-order valence-corrected chi connectivity index (χ0v) is 18.8. The van der Waals surface area contributed by atoms with Crippen molar-refractivity contribution >= 4 is 23.2 Å². The number of carbonyl (C=O) groups is 2. The first-order chi connectivity index (χ1) is 14.5. The number of thiophene rings is 1. The van der Waals surface area contributed by atoms with Crippen LogP contribution in [0.4, 0.5) is 0 Å². The maximum absolute atomic E-state index is 13.3. The van der Waals surface area contributed by atoms with Crippen LogP contribution in [-0.4, -0.2) is 35.8 Å². The fourth-order valence-electron chi connectivity index (χ4n) is 4.64. The van der Waals surface area contributed by atoms with Gasteiger partial charge in [0, 0.05) is 29.9 Å². The van der Waals surface area contributed by atoms with Crippen LogP contribution in [0.1, 0.15) is 51.5 Å². The van der Waals surface area contributed by atoms with Gasteiger partial charge in [-0.2, -0.15) is 0 Å². The minimum Gasteiger partial charge on any atom is -0.353 e. The van der Waals surface area contributed by atoms with E-state index in [2.05, 4.69) is 47.1 Å². The lowest BCUT2D eigenvalue weighted by atomic mass is 9.72. The number of amides is 2. The van der Waals surface area contributed by atoms with Crippen molar-refractivity contribution in [3.63, 3.8) is 0 Å². The van der Waals surface area contributed by atoms with E-state index in [0.717, 1.165) is 32.1 Å². The van der Waals surface area contributed by atoms with Crippen molar-refractivity contribution in [3.05, 3.63) is 47.3 Å². The molecule has 1 saturated heterocycles. The van der Waals surface area contributed by atoms with Gasteiger partial charge in [-0.25, -0.2) is 0 Å². The van der Waals surface area contributed by atoms with Crippen molar-refractivity contribution in [1.82, 2.24) is 10.2 Å². The predicted molar refractivity (Wildman–Crippen MR) is 122 cm³/mol. The molecule has 0 radical (unpaired) electrons. The second-order valence-corrected chi connectivity index (χ2v) is 10.2. The molecule has 5 heteroatoms. The molecule has 1 N–H and O–H groups in total. The number of carbonyl (C=O) groups excluding carboxylic acids is 2. The Balaban J connectivity index is 1.53. The summed E-state index contributed by atoms with van der Waals surface area (Å²) in [5.41, 5.74) is 1.95. The monoisotopic (exact) mass is 424 g/mol. The SMILES string of the molecule is CC(C)NC(=O)C1(Cc2cccc(-c3cccs3)c2)CCN(C(=O)C2CCC2)CC1. The minimum absolute atomic E-state index is 0.112. The second kappa shape index (κ2) is 8.93. The summed E-state index contributed by atoms with van der Waals surface area (Å²) in [6, 6.07) is 12.9. The Labute approximate surface area is 183 Å². The molecule has 0 spiro atoms. The van der Waals surface area contributed by atoms with Gasteiger partial charge >= 0.3 is 0 Å². The third-order valence-corrected chi connectivity index (χ3v) is 7.58. The molecule has 1 aromatic heterocycles. The summed E-state index contributed by atoms with van der Waals surface area (Å²) in [6.45, 7) is 5.40. The number of nitrogens with one attached hydrogen (secondary N) is 1. The molecule has 4 rings (SSSR count). The summed E-state index contributed by atoms with van der Waals surface area (Å²) in [5.74, 6) is 0.665. The van der Waals surface area contributed by atoms with Crippen LogP contribution in [0, 0.1) is 11.3 Å². The van der Waals surface area contributed by atoms with Gasteiger partial charge in [-0.05, 0) is 68.5 Å². The lowest BCUT2D eigenvalue weighted by Gasteiger charge is -2.43. The Bertz CT molecular complexity index is 878. The Morgan fingerprint density at radius 3 is 2.53 bits per heavy atom. The first kappa shape index (κ1) is 21.1. The van der Waals surface area contributed by atoms with E-state index in [-0.39, 0.29) is 17.9 Å². The van der Waals surface area contributed by atoms with Crippen LogP contribution in [-0.2, 0) is 16.0 Å². The van der Waals surface area contributed by atoms with Crippen LogP contribution < -0.4 is 5.32 Å². The summed E-state index contributed by atoms with van der Waals surface area (Å²) in [5, 5.41) is 5.26. The molecule has 30 heavy (non-hydrogen) atoms. The molecule has 1 aliphatic heterocycles. The standard InChI is InChI=1S/C25H32N2O2S/c1-18(2)26-24(29)25(11-13-27(14-12-25)23(28)20-7-4-8-20)17-19-6-3-9-21(16-19)22-10-5-15-30-22/h3,5-6,9-10,15-16,18,20H,4,7-8,11-14,17H2,1-2H3,(H,26,29). The fraction of sp³-hybridized carbons (Fsp3) is 0.520. The highest BCUT2D eigenvalue weighted by Crippen LogP contribution is 2.38. The Morgan fingerprint density at radius 2 is 1.93 bits per heavy atom. The maximum Gasteiger partial charge on any atom is 0.226 e. The smallest absolute Gasteiger partial charge is 0.226 e. The minimum atomic E-state index is -0.450. The number of hydrogen-bond acceptors (Lipinski definition) is 3. The number of likely N-dealkylation sites (tertiary alicyclic amines) is 1. The third-order valence-electron chi connectivity index (χ3n) is 6.66. The van der Waals surface area contributed by atoms with Crippen LogP contribution in [0.25, 0.3) is 10.4 Å². The molecule has 160 valence electrons. The molecule has 1 saturated carbocycles. The Morgan fingerprint density at radius 1 is 1.17 bits per heavy atom. The zero-order chi connectivity index (χ0) is 21.1. The first-order valence-corrected chi connectivity index (χ1v) is 12.1. The Hall–Kier alpha value is -2.14. The molecular weight excluding hydrogens is 392 g/mol. The van der Waals surface area contributed by atoms with Crippen molar-refractivity contribution in [3.8, 4) is 10.4 Å². The highest BCUT2D eigenvalue weighted by atomic mass is 32.1. The molecule has 1 aromatic carbocycles. The van der Waals surface area contributed by atoms with Gasteiger partial charge in [0.25, 0.3) is 0 Å². The summed E-state index contributed by atoms with van der Waals surface area (Å²) in [4.78, 5) is 29.3. The van der Waals surface area contributed by atoms with E-state index in [0.29, 0.717) is 19.0 Å². The topological polar surface area (TPSA) is 49.4 Å². The van der Waals surface area contributed by atoms with Crippen molar-refractivity contribution in [2.45, 2.75) is 58.4 Å². The second-order valence-electron chi connectivity index (χ2n) is 9.22. The van der Waals surface area contributed by atoms with E-state index in [1.54, 1.807) is 11.3 Å².